The predicted octanol–water partition coefficient (Wildman–Crippen LogP) is 1.23. The average molecular weight is 287 g/mol. The normalized spacial score (nSPS) is 11.5. The summed E-state index contributed by atoms with van der Waals surface area (Å²) in [7, 11) is 0. The molecular formula is C12H9ClF2N2O2. The van der Waals surface area contributed by atoms with E-state index in [0.29, 0.717) is 0 Å². The fourth-order valence-corrected chi connectivity index (χ4v) is 1.44. The number of nitrogens with two attached hydrogens (primary N) is 1. The molecule has 1 aromatic carbocycles. The SMILES string of the molecule is C#CC[C@@H](NC(=O)c1ccc(F)c(Cl)c1F)C(N)=O. The summed E-state index contributed by atoms with van der Waals surface area (Å²) in [6.07, 6.45) is 4.86. The Morgan fingerprint density at radius 3 is 2.63 bits per heavy atom. The molecule has 1 atom stereocenters. The highest BCUT2D eigenvalue weighted by Crippen LogP contribution is 2.21. The molecule has 19 heavy (non-hydrogen) atoms. The van der Waals surface area contributed by atoms with Crippen molar-refractivity contribution in [3.05, 3.63) is 34.4 Å². The number of hydrogen-bond donors (Lipinski definition) is 2. The molecule has 0 fully saturated rings. The second-order valence-corrected chi connectivity index (χ2v) is 3.94. The van der Waals surface area contributed by atoms with E-state index >= 15 is 0 Å². The molecule has 0 saturated heterocycles. The Balaban J connectivity index is 2.99. The molecule has 0 saturated carbocycles. The molecule has 0 unspecified atom stereocenters. The van der Waals surface area contributed by atoms with Crippen molar-refractivity contribution in [3.8, 4) is 12.3 Å². The van der Waals surface area contributed by atoms with Gasteiger partial charge in [-0.3, -0.25) is 9.59 Å². The first-order valence-electron chi connectivity index (χ1n) is 5.05. The lowest BCUT2D eigenvalue weighted by atomic mass is 10.1. The van der Waals surface area contributed by atoms with Crippen molar-refractivity contribution in [2.24, 2.45) is 5.73 Å². The number of primary amides is 1. The van der Waals surface area contributed by atoms with Crippen LogP contribution < -0.4 is 11.1 Å². The van der Waals surface area contributed by atoms with Crippen LogP contribution in [-0.4, -0.2) is 17.9 Å². The van der Waals surface area contributed by atoms with E-state index in [0.717, 1.165) is 12.1 Å². The van der Waals surface area contributed by atoms with Gasteiger partial charge in [-0.05, 0) is 12.1 Å². The van der Waals surface area contributed by atoms with Crippen molar-refractivity contribution < 1.29 is 18.4 Å². The summed E-state index contributed by atoms with van der Waals surface area (Å²) in [6, 6.07) is 0.598. The molecule has 0 bridgehead atoms. The minimum absolute atomic E-state index is 0.141. The highest BCUT2D eigenvalue weighted by atomic mass is 35.5. The molecule has 2 amide bonds. The van der Waals surface area contributed by atoms with E-state index in [1.54, 1.807) is 0 Å². The topological polar surface area (TPSA) is 72.2 Å². The highest BCUT2D eigenvalue weighted by molar-refractivity contribution is 6.31. The minimum Gasteiger partial charge on any atom is -0.368 e. The van der Waals surface area contributed by atoms with Crippen LogP contribution in [-0.2, 0) is 4.79 Å². The number of carbonyl (C=O) groups excluding carboxylic acids is 2. The summed E-state index contributed by atoms with van der Waals surface area (Å²) in [4.78, 5) is 22.7. The molecule has 0 aliphatic rings. The molecule has 0 spiro atoms. The van der Waals surface area contributed by atoms with Crippen molar-refractivity contribution in [2.75, 3.05) is 0 Å². The summed E-state index contributed by atoms with van der Waals surface area (Å²) in [5, 5.41) is 1.34. The Bertz CT molecular complexity index is 570. The van der Waals surface area contributed by atoms with Gasteiger partial charge < -0.3 is 11.1 Å². The maximum absolute atomic E-state index is 13.6. The zero-order chi connectivity index (χ0) is 14.6. The molecular weight excluding hydrogens is 278 g/mol. The number of hydrogen-bond acceptors (Lipinski definition) is 2. The van der Waals surface area contributed by atoms with Crippen molar-refractivity contribution in [2.45, 2.75) is 12.5 Å². The lowest BCUT2D eigenvalue weighted by Crippen LogP contribution is -2.44. The highest BCUT2D eigenvalue weighted by Gasteiger charge is 2.22. The first kappa shape index (κ1) is 14.9. The van der Waals surface area contributed by atoms with Gasteiger partial charge in [0.2, 0.25) is 5.91 Å². The van der Waals surface area contributed by atoms with E-state index in [9.17, 15) is 18.4 Å². The van der Waals surface area contributed by atoms with Crippen LogP contribution in [0, 0.1) is 24.0 Å². The first-order chi connectivity index (χ1) is 8.88. The van der Waals surface area contributed by atoms with Crippen molar-refractivity contribution in [1.29, 1.82) is 0 Å². The van der Waals surface area contributed by atoms with E-state index in [4.69, 9.17) is 23.8 Å². The fraction of sp³-hybridized carbons (Fsp3) is 0.167. The zero-order valence-electron chi connectivity index (χ0n) is 9.54. The van der Waals surface area contributed by atoms with Crippen molar-refractivity contribution >= 4 is 23.4 Å². The van der Waals surface area contributed by atoms with Gasteiger partial charge in [-0.2, -0.15) is 0 Å². The smallest absolute Gasteiger partial charge is 0.254 e. The number of carbonyl (C=O) groups is 2. The van der Waals surface area contributed by atoms with Gasteiger partial charge in [-0.15, -0.1) is 12.3 Å². The molecule has 3 N–H and O–H groups in total. The summed E-state index contributed by atoms with van der Waals surface area (Å²) < 4.78 is 26.5. The minimum atomic E-state index is -1.22. The zero-order valence-corrected chi connectivity index (χ0v) is 10.3. The van der Waals surface area contributed by atoms with Gasteiger partial charge in [0, 0.05) is 6.42 Å². The van der Waals surface area contributed by atoms with Gasteiger partial charge in [-0.1, -0.05) is 11.6 Å². The third-order valence-corrected chi connectivity index (χ3v) is 2.60. The van der Waals surface area contributed by atoms with Crippen LogP contribution in [0.15, 0.2) is 12.1 Å². The van der Waals surface area contributed by atoms with Crippen LogP contribution in [0.5, 0.6) is 0 Å². The van der Waals surface area contributed by atoms with Gasteiger partial charge >= 0.3 is 0 Å². The van der Waals surface area contributed by atoms with E-state index < -0.39 is 40.1 Å². The first-order valence-corrected chi connectivity index (χ1v) is 5.43. The maximum atomic E-state index is 13.6. The number of halogens is 3. The third kappa shape index (κ3) is 3.42. The van der Waals surface area contributed by atoms with Crippen molar-refractivity contribution in [1.82, 2.24) is 5.32 Å². The molecule has 0 aliphatic carbocycles. The lowest BCUT2D eigenvalue weighted by Gasteiger charge is -2.13. The second kappa shape index (κ2) is 6.16. The van der Waals surface area contributed by atoms with Crippen LogP contribution in [0.3, 0.4) is 0 Å². The maximum Gasteiger partial charge on any atom is 0.254 e. The largest absolute Gasteiger partial charge is 0.368 e. The monoisotopic (exact) mass is 286 g/mol. The Labute approximate surface area is 112 Å². The van der Waals surface area contributed by atoms with Crippen LogP contribution in [0.2, 0.25) is 5.02 Å². The predicted molar refractivity (Wildman–Crippen MR) is 65.3 cm³/mol. The Hall–Kier alpha value is -2.13. The summed E-state index contributed by atoms with van der Waals surface area (Å²) in [5.74, 6) is -1.89. The van der Waals surface area contributed by atoms with E-state index in [1.807, 2.05) is 0 Å². The van der Waals surface area contributed by atoms with E-state index in [2.05, 4.69) is 11.2 Å². The van der Waals surface area contributed by atoms with Crippen molar-refractivity contribution in [3.63, 3.8) is 0 Å². The van der Waals surface area contributed by atoms with E-state index in [-0.39, 0.29) is 6.42 Å². The number of terminal acetylenes is 1. The Morgan fingerprint density at radius 2 is 2.11 bits per heavy atom. The van der Waals surface area contributed by atoms with Gasteiger partial charge in [0.1, 0.15) is 16.9 Å². The van der Waals surface area contributed by atoms with Crippen LogP contribution >= 0.6 is 11.6 Å². The quantitative estimate of drug-likeness (QED) is 0.645. The molecule has 0 aromatic heterocycles. The number of benzene rings is 1. The molecule has 1 rings (SSSR count). The summed E-state index contributed by atoms with van der Waals surface area (Å²) >= 11 is 5.33. The molecule has 4 nitrogen and oxygen atoms in total. The van der Waals surface area contributed by atoms with Gasteiger partial charge in [-0.25, -0.2) is 8.78 Å². The number of nitrogens with one attached hydrogen (secondary N) is 1. The number of amides is 2. The summed E-state index contributed by atoms with van der Waals surface area (Å²) in [5.41, 5.74) is 4.51. The standard InChI is InChI=1S/C12H9ClF2N2O2/c1-2-3-8(11(16)18)17-12(19)6-4-5-7(14)9(13)10(6)15/h1,4-5,8H,3H2,(H2,16,18)(H,17,19)/t8-/m1/s1. The number of rotatable bonds is 4. The molecule has 0 heterocycles. The fourth-order valence-electron chi connectivity index (χ4n) is 1.28. The van der Waals surface area contributed by atoms with Gasteiger partial charge in [0.05, 0.1) is 5.56 Å². The molecule has 0 aliphatic heterocycles. The van der Waals surface area contributed by atoms with E-state index in [1.165, 1.54) is 0 Å². The van der Waals surface area contributed by atoms with Crippen LogP contribution in [0.25, 0.3) is 0 Å². The lowest BCUT2D eigenvalue weighted by molar-refractivity contribution is -0.119. The molecule has 1 aromatic rings. The van der Waals surface area contributed by atoms with Gasteiger partial charge in [0.25, 0.3) is 5.91 Å². The van der Waals surface area contributed by atoms with Crippen LogP contribution in [0.1, 0.15) is 16.8 Å². The van der Waals surface area contributed by atoms with Crippen LogP contribution in [0.4, 0.5) is 8.78 Å². The Kier molecular flexibility index (Phi) is 4.84. The summed E-state index contributed by atoms with van der Waals surface area (Å²) in [6.45, 7) is 0. The molecule has 7 heteroatoms. The Morgan fingerprint density at radius 1 is 1.47 bits per heavy atom. The third-order valence-electron chi connectivity index (χ3n) is 2.25. The van der Waals surface area contributed by atoms with Gasteiger partial charge in [0.15, 0.2) is 5.82 Å². The average Bonchev–Trinajstić information content (AvgIpc) is 2.35. The molecule has 100 valence electrons. The molecule has 0 radical (unpaired) electrons. The second-order valence-electron chi connectivity index (χ2n) is 3.56.